The van der Waals surface area contributed by atoms with Crippen LogP contribution >= 0.6 is 15.9 Å². The molecular weight excluding hydrogens is 242 g/mol. The van der Waals surface area contributed by atoms with Crippen molar-refractivity contribution in [2.45, 2.75) is 44.2 Å². The highest BCUT2D eigenvalue weighted by molar-refractivity contribution is 9.11. The zero-order chi connectivity index (χ0) is 10.1. The second-order valence-corrected chi connectivity index (χ2v) is 5.50. The summed E-state index contributed by atoms with van der Waals surface area (Å²) < 4.78 is 1.03. The molecule has 2 fully saturated rings. The summed E-state index contributed by atoms with van der Waals surface area (Å²) in [7, 11) is 0. The molecule has 2 saturated heterocycles. The summed E-state index contributed by atoms with van der Waals surface area (Å²) in [5, 5.41) is 0. The van der Waals surface area contributed by atoms with Crippen molar-refractivity contribution in [2.24, 2.45) is 0 Å². The summed E-state index contributed by atoms with van der Waals surface area (Å²) >= 11 is 3.41. The number of carbonyl (C=O) groups is 1. The molecule has 0 aromatic carbocycles. The Balaban J connectivity index is 2.08. The number of rotatable bonds is 2. The molecule has 3 heteroatoms. The smallest absolute Gasteiger partial charge is 0.136 e. The number of carbonyl (C=O) groups excluding carboxylic acids is 1. The first-order valence-corrected chi connectivity index (χ1v) is 6.07. The summed E-state index contributed by atoms with van der Waals surface area (Å²) in [6.45, 7) is 4.79. The van der Waals surface area contributed by atoms with Crippen LogP contribution in [0.4, 0.5) is 0 Å². The molecule has 0 spiro atoms. The maximum Gasteiger partial charge on any atom is 0.136 e. The highest BCUT2D eigenvalue weighted by Gasteiger charge is 2.37. The van der Waals surface area contributed by atoms with Crippen LogP contribution in [0.1, 0.15) is 32.1 Å². The van der Waals surface area contributed by atoms with E-state index in [0.29, 0.717) is 17.9 Å². The van der Waals surface area contributed by atoms with Crippen molar-refractivity contribution in [1.82, 2.24) is 4.90 Å². The van der Waals surface area contributed by atoms with E-state index in [2.05, 4.69) is 27.4 Å². The highest BCUT2D eigenvalue weighted by atomic mass is 79.9. The monoisotopic (exact) mass is 257 g/mol. The fraction of sp³-hybridized carbons (Fsp3) is 0.727. The molecule has 0 N–H and O–H groups in total. The predicted molar refractivity (Wildman–Crippen MR) is 60.4 cm³/mol. The van der Waals surface area contributed by atoms with Gasteiger partial charge in [-0.25, -0.2) is 0 Å². The Labute approximate surface area is 93.5 Å². The van der Waals surface area contributed by atoms with E-state index in [1.807, 2.05) is 0 Å². The SMILES string of the molecule is C=C(Br)CN1C2CCCC1CC(=O)C2. The first-order chi connectivity index (χ1) is 6.66. The van der Waals surface area contributed by atoms with E-state index in [4.69, 9.17) is 0 Å². The van der Waals surface area contributed by atoms with Crippen molar-refractivity contribution < 1.29 is 4.79 Å². The van der Waals surface area contributed by atoms with Gasteiger partial charge in [0.1, 0.15) is 5.78 Å². The third kappa shape index (κ3) is 2.09. The van der Waals surface area contributed by atoms with E-state index in [0.717, 1.165) is 23.9 Å². The van der Waals surface area contributed by atoms with Crippen molar-refractivity contribution in [2.75, 3.05) is 6.54 Å². The number of hydrogen-bond donors (Lipinski definition) is 0. The molecule has 0 aliphatic carbocycles. The van der Waals surface area contributed by atoms with Gasteiger partial charge in [-0.1, -0.05) is 28.9 Å². The lowest BCUT2D eigenvalue weighted by Crippen LogP contribution is -2.52. The van der Waals surface area contributed by atoms with Crippen LogP contribution in [0.3, 0.4) is 0 Å². The predicted octanol–water partition coefficient (Wildman–Crippen LogP) is 2.48. The van der Waals surface area contributed by atoms with Crippen LogP contribution in [0.5, 0.6) is 0 Å². The standard InChI is InChI=1S/C11H16BrNO/c1-8(12)7-13-9-3-2-4-10(13)6-11(14)5-9/h9-10H,1-7H2. The minimum Gasteiger partial charge on any atom is -0.300 e. The Hall–Kier alpha value is -0.150. The van der Waals surface area contributed by atoms with Gasteiger partial charge in [0.15, 0.2) is 0 Å². The molecule has 2 aliphatic heterocycles. The van der Waals surface area contributed by atoms with Gasteiger partial charge < -0.3 is 0 Å². The van der Waals surface area contributed by atoms with Gasteiger partial charge >= 0.3 is 0 Å². The zero-order valence-corrected chi connectivity index (χ0v) is 9.92. The summed E-state index contributed by atoms with van der Waals surface area (Å²) in [4.78, 5) is 13.9. The third-order valence-electron chi connectivity index (χ3n) is 3.29. The average molecular weight is 258 g/mol. The van der Waals surface area contributed by atoms with Crippen molar-refractivity contribution in [3.8, 4) is 0 Å². The molecule has 0 saturated carbocycles. The lowest BCUT2D eigenvalue weighted by Gasteiger charge is -2.45. The van der Waals surface area contributed by atoms with Gasteiger partial charge in [-0.3, -0.25) is 9.69 Å². The number of nitrogens with zero attached hydrogens (tertiary/aromatic N) is 1. The Bertz CT molecular complexity index is 248. The topological polar surface area (TPSA) is 20.3 Å². The van der Waals surface area contributed by atoms with Gasteiger partial charge in [0.2, 0.25) is 0 Å². The second kappa shape index (κ2) is 4.15. The molecule has 2 nitrogen and oxygen atoms in total. The van der Waals surface area contributed by atoms with Crippen molar-refractivity contribution >= 4 is 21.7 Å². The molecule has 14 heavy (non-hydrogen) atoms. The molecule has 2 aliphatic rings. The summed E-state index contributed by atoms with van der Waals surface area (Å²) in [6, 6.07) is 0.980. The van der Waals surface area contributed by atoms with Crippen molar-refractivity contribution in [3.63, 3.8) is 0 Å². The van der Waals surface area contributed by atoms with Crippen LogP contribution in [0.25, 0.3) is 0 Å². The van der Waals surface area contributed by atoms with Crippen LogP contribution < -0.4 is 0 Å². The summed E-state index contributed by atoms with van der Waals surface area (Å²) in [5.41, 5.74) is 0. The molecule has 78 valence electrons. The molecular formula is C11H16BrNO. The Morgan fingerprint density at radius 3 is 2.50 bits per heavy atom. The van der Waals surface area contributed by atoms with Crippen LogP contribution in [0.15, 0.2) is 11.1 Å². The van der Waals surface area contributed by atoms with E-state index in [9.17, 15) is 4.79 Å². The summed E-state index contributed by atoms with van der Waals surface area (Å²) in [6.07, 6.45) is 5.17. The number of halogens is 1. The zero-order valence-electron chi connectivity index (χ0n) is 8.34. The first kappa shape index (κ1) is 10.4. The highest BCUT2D eigenvalue weighted by Crippen LogP contribution is 2.32. The lowest BCUT2D eigenvalue weighted by molar-refractivity contribution is -0.126. The molecule has 0 aromatic heterocycles. The molecule has 2 unspecified atom stereocenters. The van der Waals surface area contributed by atoms with Crippen LogP contribution in [-0.4, -0.2) is 29.3 Å². The fourth-order valence-corrected chi connectivity index (χ4v) is 3.01. The molecule has 0 aromatic rings. The van der Waals surface area contributed by atoms with Crippen LogP contribution in [0, 0.1) is 0 Å². The Kier molecular flexibility index (Phi) is 3.07. The van der Waals surface area contributed by atoms with E-state index in [-0.39, 0.29) is 0 Å². The fourth-order valence-electron chi connectivity index (χ4n) is 2.72. The van der Waals surface area contributed by atoms with Gasteiger partial charge in [0.05, 0.1) is 0 Å². The largest absolute Gasteiger partial charge is 0.300 e. The maximum absolute atomic E-state index is 11.4. The average Bonchev–Trinajstić information content (AvgIpc) is 2.05. The van der Waals surface area contributed by atoms with Gasteiger partial charge in [-0.05, 0) is 12.8 Å². The minimum atomic E-state index is 0.455. The third-order valence-corrected chi connectivity index (χ3v) is 3.54. The number of hydrogen-bond acceptors (Lipinski definition) is 2. The quantitative estimate of drug-likeness (QED) is 0.758. The van der Waals surface area contributed by atoms with Crippen molar-refractivity contribution in [1.29, 1.82) is 0 Å². The van der Waals surface area contributed by atoms with Crippen LogP contribution in [0.2, 0.25) is 0 Å². The Morgan fingerprint density at radius 2 is 2.00 bits per heavy atom. The summed E-state index contributed by atoms with van der Waals surface area (Å²) in [5.74, 6) is 0.455. The van der Waals surface area contributed by atoms with Gasteiger partial charge in [0, 0.05) is 36.0 Å². The second-order valence-electron chi connectivity index (χ2n) is 4.38. The number of ketones is 1. The van der Waals surface area contributed by atoms with E-state index in [1.54, 1.807) is 0 Å². The molecule has 2 rings (SSSR count). The minimum absolute atomic E-state index is 0.455. The molecule has 2 atom stereocenters. The lowest BCUT2D eigenvalue weighted by atomic mass is 9.84. The number of piperidine rings is 2. The van der Waals surface area contributed by atoms with Gasteiger partial charge in [-0.15, -0.1) is 0 Å². The molecule has 2 heterocycles. The van der Waals surface area contributed by atoms with Crippen molar-refractivity contribution in [3.05, 3.63) is 11.1 Å². The maximum atomic E-state index is 11.4. The van der Waals surface area contributed by atoms with Crippen LogP contribution in [-0.2, 0) is 4.79 Å². The normalized spacial score (nSPS) is 33.1. The van der Waals surface area contributed by atoms with Gasteiger partial charge in [-0.2, -0.15) is 0 Å². The molecule has 2 bridgehead atoms. The van der Waals surface area contributed by atoms with E-state index < -0.39 is 0 Å². The van der Waals surface area contributed by atoms with E-state index >= 15 is 0 Å². The molecule has 0 amide bonds. The van der Waals surface area contributed by atoms with E-state index in [1.165, 1.54) is 19.3 Å². The molecule has 0 radical (unpaired) electrons. The Morgan fingerprint density at radius 1 is 1.43 bits per heavy atom. The number of Topliss-reactive ketones (excluding diaryl/α,β-unsaturated/α-hetero) is 1. The number of fused-ring (bicyclic) bond motifs is 2. The van der Waals surface area contributed by atoms with Gasteiger partial charge in [0.25, 0.3) is 0 Å². The first-order valence-electron chi connectivity index (χ1n) is 5.27.